The zero-order chi connectivity index (χ0) is 18.3. The molecule has 134 valence electrons. The Morgan fingerprint density at radius 1 is 1.15 bits per heavy atom. The second-order valence-electron chi connectivity index (χ2n) is 6.59. The second-order valence-corrected chi connectivity index (χ2v) is 8.61. The van der Waals surface area contributed by atoms with Crippen molar-refractivity contribution in [3.63, 3.8) is 0 Å². The first kappa shape index (κ1) is 16.8. The van der Waals surface area contributed by atoms with Gasteiger partial charge in [0, 0.05) is 18.4 Å². The van der Waals surface area contributed by atoms with Gasteiger partial charge in [0.2, 0.25) is 0 Å². The average Bonchev–Trinajstić information content (AvgIpc) is 3.26. The number of imidazole rings is 1. The lowest BCUT2D eigenvalue weighted by Gasteiger charge is -2.23. The van der Waals surface area contributed by atoms with Crippen molar-refractivity contribution in [3.05, 3.63) is 59.9 Å². The molecule has 0 radical (unpaired) electrons. The minimum atomic E-state index is -3.27. The number of likely N-dealkylation sites (tertiary alicyclic amines) is 1. The van der Waals surface area contributed by atoms with Gasteiger partial charge in [-0.2, -0.15) is 0 Å². The first-order chi connectivity index (χ1) is 12.4. The molecule has 7 heteroatoms. The summed E-state index contributed by atoms with van der Waals surface area (Å²) in [5.41, 5.74) is 2.33. The number of H-pyrrole nitrogens is 1. The van der Waals surface area contributed by atoms with E-state index in [2.05, 4.69) is 9.97 Å². The molecule has 1 saturated heterocycles. The maximum Gasteiger partial charge on any atom is 0.254 e. The molecule has 0 bridgehead atoms. The molecule has 4 rings (SSSR count). The van der Waals surface area contributed by atoms with Crippen LogP contribution in [0.3, 0.4) is 0 Å². The van der Waals surface area contributed by atoms with Gasteiger partial charge >= 0.3 is 0 Å². The summed E-state index contributed by atoms with van der Waals surface area (Å²) in [6.07, 6.45) is 2.92. The molecule has 2 aromatic carbocycles. The number of carbonyl (C=O) groups excluding carboxylic acids is 1. The molecular weight excluding hydrogens is 350 g/mol. The summed E-state index contributed by atoms with van der Waals surface area (Å²) in [5.74, 6) is 0.692. The zero-order valence-corrected chi connectivity index (χ0v) is 15.2. The van der Waals surface area contributed by atoms with Crippen LogP contribution in [-0.2, 0) is 9.84 Å². The molecule has 1 N–H and O–H groups in total. The number of carbonyl (C=O) groups is 1. The summed E-state index contributed by atoms with van der Waals surface area (Å²) in [7, 11) is -3.27. The van der Waals surface area contributed by atoms with Crippen molar-refractivity contribution >= 4 is 26.8 Å². The number of para-hydroxylation sites is 2. The summed E-state index contributed by atoms with van der Waals surface area (Å²) >= 11 is 0. The van der Waals surface area contributed by atoms with E-state index in [4.69, 9.17) is 0 Å². The highest BCUT2D eigenvalue weighted by molar-refractivity contribution is 7.90. The summed E-state index contributed by atoms with van der Waals surface area (Å²) in [6.45, 7) is 0.661. The minimum Gasteiger partial charge on any atom is -0.340 e. The van der Waals surface area contributed by atoms with Crippen LogP contribution < -0.4 is 0 Å². The first-order valence-electron chi connectivity index (χ1n) is 8.49. The maximum absolute atomic E-state index is 12.9. The molecule has 3 aromatic rings. The average molecular weight is 369 g/mol. The number of sulfone groups is 1. The van der Waals surface area contributed by atoms with Gasteiger partial charge in [0.1, 0.15) is 5.82 Å². The molecule has 0 saturated carbocycles. The largest absolute Gasteiger partial charge is 0.340 e. The van der Waals surface area contributed by atoms with Gasteiger partial charge in [-0.3, -0.25) is 4.79 Å². The van der Waals surface area contributed by atoms with E-state index in [-0.39, 0.29) is 16.8 Å². The van der Waals surface area contributed by atoms with Crippen molar-refractivity contribution < 1.29 is 13.2 Å². The van der Waals surface area contributed by atoms with Crippen LogP contribution in [0.5, 0.6) is 0 Å². The highest BCUT2D eigenvalue weighted by Gasteiger charge is 2.32. The molecule has 1 aliphatic heterocycles. The molecule has 0 unspecified atom stereocenters. The molecule has 1 atom stereocenters. The van der Waals surface area contributed by atoms with Crippen LogP contribution in [-0.4, -0.2) is 42.0 Å². The lowest BCUT2D eigenvalue weighted by molar-refractivity contribution is 0.0730. The predicted molar refractivity (Wildman–Crippen MR) is 98.7 cm³/mol. The molecule has 1 fully saturated rings. The predicted octanol–water partition coefficient (Wildman–Crippen LogP) is 2.94. The molecule has 6 nitrogen and oxygen atoms in total. The van der Waals surface area contributed by atoms with Crippen molar-refractivity contribution in [1.29, 1.82) is 0 Å². The van der Waals surface area contributed by atoms with Crippen LogP contribution >= 0.6 is 0 Å². The topological polar surface area (TPSA) is 83.1 Å². The summed E-state index contributed by atoms with van der Waals surface area (Å²) in [6, 6.07) is 13.8. The van der Waals surface area contributed by atoms with Crippen LogP contribution in [0.25, 0.3) is 11.0 Å². The van der Waals surface area contributed by atoms with Crippen molar-refractivity contribution in [2.24, 2.45) is 0 Å². The zero-order valence-electron chi connectivity index (χ0n) is 14.3. The third kappa shape index (κ3) is 2.99. The number of hydrogen-bond donors (Lipinski definition) is 1. The van der Waals surface area contributed by atoms with E-state index >= 15 is 0 Å². The standard InChI is InChI=1S/C19H19N3O3S/c1-26(24,25)14-10-8-13(9-11-14)19(23)22-12-4-7-17(22)18-20-15-5-2-3-6-16(15)21-18/h2-3,5-6,8-11,17H,4,7,12H2,1H3,(H,20,21)/t17-/m1/s1. The number of amides is 1. The Labute approximate surface area is 151 Å². The molecule has 1 amide bonds. The van der Waals surface area contributed by atoms with Crippen molar-refractivity contribution in [2.45, 2.75) is 23.8 Å². The maximum atomic E-state index is 12.9. The Morgan fingerprint density at radius 3 is 2.58 bits per heavy atom. The molecular formula is C19H19N3O3S. The van der Waals surface area contributed by atoms with Crippen LogP contribution in [0.15, 0.2) is 53.4 Å². The second kappa shape index (κ2) is 6.25. The summed E-state index contributed by atoms with van der Waals surface area (Å²) in [5, 5.41) is 0. The van der Waals surface area contributed by atoms with E-state index in [1.54, 1.807) is 12.1 Å². The van der Waals surface area contributed by atoms with Crippen molar-refractivity contribution in [2.75, 3.05) is 12.8 Å². The SMILES string of the molecule is CS(=O)(=O)c1ccc(C(=O)N2CCC[C@@H]2c2nc3ccccc3[nH]2)cc1. The number of nitrogens with one attached hydrogen (secondary N) is 1. The van der Waals surface area contributed by atoms with E-state index in [9.17, 15) is 13.2 Å². The fourth-order valence-corrected chi connectivity index (χ4v) is 4.07. The van der Waals surface area contributed by atoms with E-state index in [0.717, 1.165) is 36.0 Å². The van der Waals surface area contributed by atoms with Crippen LogP contribution in [0.1, 0.15) is 35.1 Å². The molecule has 26 heavy (non-hydrogen) atoms. The van der Waals surface area contributed by atoms with E-state index < -0.39 is 9.84 Å². The smallest absolute Gasteiger partial charge is 0.254 e. The molecule has 0 spiro atoms. The molecule has 1 aliphatic rings. The van der Waals surface area contributed by atoms with Gasteiger partial charge in [0.05, 0.1) is 22.0 Å². The molecule has 0 aliphatic carbocycles. The lowest BCUT2D eigenvalue weighted by atomic mass is 10.1. The van der Waals surface area contributed by atoms with Gasteiger partial charge in [-0.25, -0.2) is 13.4 Å². The van der Waals surface area contributed by atoms with E-state index in [0.29, 0.717) is 12.1 Å². The van der Waals surface area contributed by atoms with Crippen LogP contribution in [0.4, 0.5) is 0 Å². The number of aromatic nitrogens is 2. The number of benzene rings is 2. The Hall–Kier alpha value is -2.67. The third-order valence-electron chi connectivity index (χ3n) is 4.77. The summed E-state index contributed by atoms with van der Waals surface area (Å²) in [4.78, 5) is 22.9. The molecule has 1 aromatic heterocycles. The Kier molecular flexibility index (Phi) is 4.03. The number of nitrogens with zero attached hydrogens (tertiary/aromatic N) is 2. The molecule has 2 heterocycles. The van der Waals surface area contributed by atoms with Gasteiger partial charge in [-0.15, -0.1) is 0 Å². The van der Waals surface area contributed by atoms with Gasteiger partial charge in [-0.05, 0) is 49.2 Å². The van der Waals surface area contributed by atoms with Gasteiger partial charge in [0.15, 0.2) is 9.84 Å². The summed E-state index contributed by atoms with van der Waals surface area (Å²) < 4.78 is 23.2. The normalized spacial score (nSPS) is 17.7. The van der Waals surface area contributed by atoms with Gasteiger partial charge in [0.25, 0.3) is 5.91 Å². The first-order valence-corrected chi connectivity index (χ1v) is 10.4. The van der Waals surface area contributed by atoms with Crippen LogP contribution in [0.2, 0.25) is 0 Å². The third-order valence-corrected chi connectivity index (χ3v) is 5.89. The van der Waals surface area contributed by atoms with Gasteiger partial charge < -0.3 is 9.88 Å². The quantitative estimate of drug-likeness (QED) is 0.769. The van der Waals surface area contributed by atoms with Crippen LogP contribution in [0, 0.1) is 0 Å². The number of fused-ring (bicyclic) bond motifs is 1. The highest BCUT2D eigenvalue weighted by Crippen LogP contribution is 2.32. The fourth-order valence-electron chi connectivity index (χ4n) is 3.43. The number of hydrogen-bond acceptors (Lipinski definition) is 4. The van der Waals surface area contributed by atoms with Crippen molar-refractivity contribution in [3.8, 4) is 0 Å². The number of rotatable bonds is 3. The Bertz CT molecular complexity index is 1040. The lowest BCUT2D eigenvalue weighted by Crippen LogP contribution is -2.31. The number of aromatic amines is 1. The Balaban J connectivity index is 1.62. The van der Waals surface area contributed by atoms with E-state index in [1.165, 1.54) is 12.1 Å². The van der Waals surface area contributed by atoms with Gasteiger partial charge in [-0.1, -0.05) is 12.1 Å². The highest BCUT2D eigenvalue weighted by atomic mass is 32.2. The van der Waals surface area contributed by atoms with Crippen molar-refractivity contribution in [1.82, 2.24) is 14.9 Å². The Morgan fingerprint density at radius 2 is 1.88 bits per heavy atom. The monoisotopic (exact) mass is 369 g/mol. The minimum absolute atomic E-state index is 0.0931. The van der Waals surface area contributed by atoms with E-state index in [1.807, 2.05) is 29.2 Å². The fraction of sp³-hybridized carbons (Fsp3) is 0.263.